The molecule has 3 nitrogen and oxygen atoms in total. The molecule has 0 fully saturated rings. The average molecular weight is 608 g/mol. The third-order valence-corrected chi connectivity index (χ3v) is 4.96. The van der Waals surface area contributed by atoms with Crippen LogP contribution in [0.25, 0.3) is 0 Å². The minimum absolute atomic E-state index is 0.165. The van der Waals surface area contributed by atoms with E-state index >= 15 is 0 Å². The van der Waals surface area contributed by atoms with E-state index in [4.69, 9.17) is 15.1 Å². The molecule has 0 heterocycles. The van der Waals surface area contributed by atoms with Crippen LogP contribution in [0.5, 0.6) is 0 Å². The second-order valence-corrected chi connectivity index (χ2v) is 7.72. The van der Waals surface area contributed by atoms with Gasteiger partial charge in [-0.2, -0.15) is 0 Å². The van der Waals surface area contributed by atoms with E-state index < -0.39 is 93.0 Å². The van der Waals surface area contributed by atoms with E-state index in [0.717, 1.165) is 0 Å². The van der Waals surface area contributed by atoms with Crippen LogP contribution in [0, 0.1) is 69.8 Å². The zero-order valence-corrected chi connectivity index (χ0v) is 20.9. The molecule has 0 aliphatic rings. The average Bonchev–Trinajstić information content (AvgIpc) is 2.81. The van der Waals surface area contributed by atoms with Crippen molar-refractivity contribution in [1.29, 1.82) is 0 Å². The fraction of sp³-hybridized carbons (Fsp3) is 0. The molecule has 0 aromatic heterocycles. The highest BCUT2D eigenvalue weighted by atomic mass is 31.0. The van der Waals surface area contributed by atoms with Crippen LogP contribution in [0.4, 0.5) is 52.7 Å². The summed E-state index contributed by atoms with van der Waals surface area (Å²) in [5, 5.41) is 19.3. The molecule has 3 aromatic rings. The largest absolute Gasteiger partial charge is 0.631 e. The molecule has 0 saturated heterocycles. The first-order chi connectivity index (χ1) is 16.8. The lowest BCUT2D eigenvalue weighted by molar-refractivity contribution is 0.278. The summed E-state index contributed by atoms with van der Waals surface area (Å²) in [6, 6.07) is 0.495. The zero-order chi connectivity index (χ0) is 29.4. The van der Waals surface area contributed by atoms with E-state index in [-0.39, 0.29) is 18.2 Å². The molecule has 0 radical (unpaired) electrons. The number of benzene rings is 3. The first kappa shape index (κ1) is 35.1. The van der Waals surface area contributed by atoms with Crippen LogP contribution in [0.15, 0.2) is 18.2 Å². The molecule has 0 amide bonds. The van der Waals surface area contributed by atoms with E-state index in [1.54, 1.807) is 27.7 Å². The van der Waals surface area contributed by atoms with Gasteiger partial charge in [-0.1, -0.05) is 27.7 Å². The lowest BCUT2D eigenvalue weighted by Gasteiger charge is -1.99. The number of hydrogen-bond acceptors (Lipinski definition) is 3. The van der Waals surface area contributed by atoms with Crippen molar-refractivity contribution in [2.24, 2.45) is 0 Å². The molecule has 3 N–H and O–H groups in total. The van der Waals surface area contributed by atoms with Crippen LogP contribution in [0.3, 0.4) is 0 Å². The summed E-state index contributed by atoms with van der Waals surface area (Å²) < 4.78 is 148. The van der Waals surface area contributed by atoms with E-state index in [1.165, 1.54) is 0 Å². The number of hydrogen-bond donors (Lipinski definition) is 3. The maximum absolute atomic E-state index is 12.4. The van der Waals surface area contributed by atoms with Crippen molar-refractivity contribution in [2.75, 3.05) is 0 Å². The van der Waals surface area contributed by atoms with Crippen LogP contribution >= 0.6 is 27.7 Å². The molecule has 0 aliphatic carbocycles. The summed E-state index contributed by atoms with van der Waals surface area (Å²) >= 11 is 0. The Kier molecular flexibility index (Phi) is 14.6. The van der Waals surface area contributed by atoms with E-state index in [9.17, 15) is 52.7 Å². The lowest BCUT2D eigenvalue weighted by atomic mass is 10.3. The van der Waals surface area contributed by atoms with Gasteiger partial charge in [0.05, 0.1) is 0 Å². The third kappa shape index (κ3) is 10.4. The molecule has 0 saturated carbocycles. The first-order valence-electron chi connectivity index (χ1n) is 8.64. The summed E-state index contributed by atoms with van der Waals surface area (Å²) in [6.45, 7) is 0. The highest BCUT2D eigenvalue weighted by Crippen LogP contribution is 2.14. The van der Waals surface area contributed by atoms with Crippen LogP contribution < -0.4 is 15.9 Å². The Balaban J connectivity index is 0.000000490. The van der Waals surface area contributed by atoms with Crippen LogP contribution in [-0.2, 0) is 0 Å². The Hall–Kier alpha value is -1.95. The maximum Gasteiger partial charge on any atom is 0.631 e. The number of rotatable bonds is 0. The van der Waals surface area contributed by atoms with Crippen LogP contribution in [-0.4, -0.2) is 22.4 Å². The van der Waals surface area contributed by atoms with Gasteiger partial charge in [-0.15, -0.1) is 0 Å². The van der Waals surface area contributed by atoms with Gasteiger partial charge in [0.2, 0.25) is 0 Å². The van der Waals surface area contributed by atoms with Gasteiger partial charge in [-0.05, 0) is 0 Å². The smallest absolute Gasteiger partial charge is 0.402 e. The van der Waals surface area contributed by atoms with Crippen molar-refractivity contribution in [2.45, 2.75) is 0 Å². The van der Waals surface area contributed by atoms with E-state index in [0.29, 0.717) is 0 Å². The van der Waals surface area contributed by atoms with Crippen molar-refractivity contribution < 1.29 is 67.8 Å². The molecule has 19 heteroatoms. The minimum Gasteiger partial charge on any atom is -0.402 e. The molecule has 0 bridgehead atoms. The molecular formula is C18H12BF12O3P3. The Labute approximate surface area is 207 Å². The second kappa shape index (κ2) is 15.5. The molecule has 3 unspecified atom stereocenters. The monoisotopic (exact) mass is 608 g/mol. The topological polar surface area (TPSA) is 60.7 Å². The van der Waals surface area contributed by atoms with Gasteiger partial charge >= 0.3 is 7.32 Å². The quantitative estimate of drug-likeness (QED) is 0.159. The first-order valence-corrected chi connectivity index (χ1v) is 10.4. The molecule has 0 aliphatic heterocycles. The van der Waals surface area contributed by atoms with Gasteiger partial charge in [-0.3, -0.25) is 0 Å². The van der Waals surface area contributed by atoms with Gasteiger partial charge in [-0.25, -0.2) is 52.7 Å². The van der Waals surface area contributed by atoms with Gasteiger partial charge in [0.1, 0.15) is 0 Å². The molecule has 3 rings (SSSR count). The fourth-order valence-corrected chi connectivity index (χ4v) is 2.60. The third-order valence-electron chi connectivity index (χ3n) is 3.44. The summed E-state index contributed by atoms with van der Waals surface area (Å²) in [5.41, 5.74) is 0. The summed E-state index contributed by atoms with van der Waals surface area (Å²) in [6.07, 6.45) is 0. The molecular weight excluding hydrogens is 596 g/mol. The zero-order valence-electron chi connectivity index (χ0n) is 17.4. The van der Waals surface area contributed by atoms with Gasteiger partial charge in [0.15, 0.2) is 69.8 Å². The van der Waals surface area contributed by atoms with E-state index in [1.807, 2.05) is 0 Å². The van der Waals surface area contributed by atoms with E-state index in [2.05, 4.69) is 0 Å². The molecule has 0 spiro atoms. The summed E-state index contributed by atoms with van der Waals surface area (Å²) in [5.74, 6) is -16.7. The van der Waals surface area contributed by atoms with Gasteiger partial charge in [0, 0.05) is 34.1 Å². The molecule has 3 aromatic carbocycles. The summed E-state index contributed by atoms with van der Waals surface area (Å²) in [4.78, 5) is 0. The standard InChI is InChI=1S/3C6H3F4P.BH3O3/c3*7-2-1-3(8)5(10)6(11)4(2)9;2-1(3)4/h3*1H,11H2;2-4H. The minimum atomic E-state index is -2.17. The van der Waals surface area contributed by atoms with Crippen molar-refractivity contribution in [3.8, 4) is 0 Å². The highest BCUT2D eigenvalue weighted by molar-refractivity contribution is 7.27. The normalized spacial score (nSPS) is 9.89. The van der Waals surface area contributed by atoms with Gasteiger partial charge in [0.25, 0.3) is 0 Å². The molecule has 3 atom stereocenters. The predicted octanol–water partition coefficient (Wildman–Crippen LogP) is 3.18. The van der Waals surface area contributed by atoms with Crippen molar-refractivity contribution in [1.82, 2.24) is 0 Å². The Morgan fingerprint density at radius 2 is 0.486 bits per heavy atom. The van der Waals surface area contributed by atoms with Gasteiger partial charge < -0.3 is 15.1 Å². The second-order valence-electron chi connectivity index (χ2n) is 5.99. The fourth-order valence-electron chi connectivity index (χ4n) is 1.77. The van der Waals surface area contributed by atoms with Crippen LogP contribution in [0.1, 0.15) is 0 Å². The summed E-state index contributed by atoms with van der Waals surface area (Å²) in [7, 11) is 2.58. The Bertz CT molecular complexity index is 1020. The molecule has 37 heavy (non-hydrogen) atoms. The Morgan fingerprint density at radius 3 is 0.595 bits per heavy atom. The Morgan fingerprint density at radius 1 is 0.378 bits per heavy atom. The predicted molar refractivity (Wildman–Crippen MR) is 119 cm³/mol. The highest BCUT2D eigenvalue weighted by Gasteiger charge is 2.16. The maximum atomic E-state index is 12.4. The van der Waals surface area contributed by atoms with Crippen molar-refractivity contribution in [3.05, 3.63) is 88.0 Å². The lowest BCUT2D eigenvalue weighted by Crippen LogP contribution is -2.10. The van der Waals surface area contributed by atoms with Crippen molar-refractivity contribution >= 4 is 51.0 Å². The number of halogens is 12. The van der Waals surface area contributed by atoms with Crippen LogP contribution in [0.2, 0.25) is 0 Å². The molecule has 204 valence electrons. The van der Waals surface area contributed by atoms with Crippen molar-refractivity contribution in [3.63, 3.8) is 0 Å². The SMILES string of the molecule is Fc1cc(F)c(F)c(P)c1F.Fc1cc(F)c(F)c(P)c1F.Fc1cc(F)c(F)c(P)c1F.OB(O)O.